The predicted octanol–water partition coefficient (Wildman–Crippen LogP) is 3.44. The minimum atomic E-state index is -0.382. The van der Waals surface area contributed by atoms with Crippen LogP contribution in [0.25, 0.3) is 0 Å². The van der Waals surface area contributed by atoms with Gasteiger partial charge in [0.05, 0.1) is 17.7 Å². The second kappa shape index (κ2) is 9.23. The summed E-state index contributed by atoms with van der Waals surface area (Å²) in [5, 5.41) is 12.3. The molecule has 158 valence electrons. The monoisotopic (exact) mass is 456 g/mol. The molecule has 0 saturated carbocycles. The van der Waals surface area contributed by atoms with Crippen LogP contribution in [0.5, 0.6) is 5.75 Å². The molecule has 8 nitrogen and oxygen atoms in total. The highest BCUT2D eigenvalue weighted by Crippen LogP contribution is 2.23. The lowest BCUT2D eigenvalue weighted by atomic mass is 10.1. The first-order valence-corrected chi connectivity index (χ1v) is 10.7. The number of hydrogen-bond acceptors (Lipinski definition) is 7. The Balaban J connectivity index is 1.23. The Labute approximate surface area is 186 Å². The quantitative estimate of drug-likeness (QED) is 0.521. The van der Waals surface area contributed by atoms with Crippen molar-refractivity contribution in [2.24, 2.45) is 0 Å². The molecule has 0 fully saturated rings. The van der Waals surface area contributed by atoms with Crippen LogP contribution in [0.3, 0.4) is 0 Å². The molecule has 0 spiro atoms. The maximum absolute atomic E-state index is 12.3. The Kier molecular flexibility index (Phi) is 6.24. The molecule has 2 aromatic carbocycles. The molecule has 0 atom stereocenters. The summed E-state index contributed by atoms with van der Waals surface area (Å²) in [5.74, 6) is -0.410. The molecule has 1 aliphatic rings. The van der Waals surface area contributed by atoms with E-state index in [4.69, 9.17) is 16.3 Å². The molecule has 0 aliphatic carbocycles. The molecule has 0 radical (unpaired) electrons. The number of nitrogens with zero attached hydrogens (tertiary/aromatic N) is 3. The normalized spacial score (nSPS) is 12.7. The fourth-order valence-corrected chi connectivity index (χ4v) is 3.89. The highest BCUT2D eigenvalue weighted by Gasteiger charge is 2.34. The Morgan fingerprint density at radius 3 is 2.39 bits per heavy atom. The molecular weight excluding hydrogens is 440 g/mol. The van der Waals surface area contributed by atoms with Gasteiger partial charge in [-0.15, -0.1) is 10.2 Å². The highest BCUT2D eigenvalue weighted by atomic mass is 35.5. The van der Waals surface area contributed by atoms with Gasteiger partial charge in [0.1, 0.15) is 10.8 Å². The van der Waals surface area contributed by atoms with Crippen LogP contribution >= 0.6 is 22.9 Å². The van der Waals surface area contributed by atoms with Crippen LogP contribution in [-0.4, -0.2) is 46.0 Å². The van der Waals surface area contributed by atoms with Gasteiger partial charge >= 0.3 is 0 Å². The SMILES string of the molecule is O=C(CCN1C(=O)c2ccccc2C1=O)Nc1nnc(CCOc2ccc(Cl)cc2)s1. The van der Waals surface area contributed by atoms with Gasteiger partial charge in [0, 0.05) is 24.4 Å². The fourth-order valence-electron chi connectivity index (χ4n) is 3.03. The van der Waals surface area contributed by atoms with E-state index in [0.717, 1.165) is 4.90 Å². The largest absolute Gasteiger partial charge is 0.493 e. The summed E-state index contributed by atoms with van der Waals surface area (Å²) in [7, 11) is 0. The van der Waals surface area contributed by atoms with Gasteiger partial charge in [-0.05, 0) is 36.4 Å². The minimum Gasteiger partial charge on any atom is -0.493 e. The number of imide groups is 1. The first-order chi connectivity index (χ1) is 15.0. The molecule has 2 heterocycles. The summed E-state index contributed by atoms with van der Waals surface area (Å²) in [4.78, 5) is 38.0. The Bertz CT molecular complexity index is 1100. The van der Waals surface area contributed by atoms with Gasteiger partial charge in [-0.2, -0.15) is 0 Å². The number of hydrogen-bond donors (Lipinski definition) is 1. The van der Waals surface area contributed by atoms with Gasteiger partial charge in [-0.25, -0.2) is 0 Å². The predicted molar refractivity (Wildman–Crippen MR) is 116 cm³/mol. The van der Waals surface area contributed by atoms with Crippen LogP contribution in [0.15, 0.2) is 48.5 Å². The zero-order valence-electron chi connectivity index (χ0n) is 16.2. The number of carbonyl (C=O) groups excluding carboxylic acids is 3. The highest BCUT2D eigenvalue weighted by molar-refractivity contribution is 7.15. The van der Waals surface area contributed by atoms with Crippen molar-refractivity contribution < 1.29 is 19.1 Å². The number of aromatic nitrogens is 2. The van der Waals surface area contributed by atoms with E-state index in [1.165, 1.54) is 11.3 Å². The lowest BCUT2D eigenvalue weighted by Gasteiger charge is -2.12. The molecule has 31 heavy (non-hydrogen) atoms. The summed E-state index contributed by atoms with van der Waals surface area (Å²) in [6.07, 6.45) is 0.505. The maximum Gasteiger partial charge on any atom is 0.261 e. The summed E-state index contributed by atoms with van der Waals surface area (Å²) < 4.78 is 5.62. The molecule has 1 aromatic heterocycles. The molecule has 1 aliphatic heterocycles. The summed E-state index contributed by atoms with van der Waals surface area (Å²) in [6, 6.07) is 13.7. The van der Waals surface area contributed by atoms with E-state index in [2.05, 4.69) is 15.5 Å². The van der Waals surface area contributed by atoms with E-state index in [0.29, 0.717) is 45.1 Å². The van der Waals surface area contributed by atoms with Crippen LogP contribution in [0.1, 0.15) is 32.1 Å². The van der Waals surface area contributed by atoms with Gasteiger partial charge < -0.3 is 10.1 Å². The van der Waals surface area contributed by atoms with Crippen molar-refractivity contribution in [3.63, 3.8) is 0 Å². The lowest BCUT2D eigenvalue weighted by molar-refractivity contribution is -0.116. The van der Waals surface area contributed by atoms with Crippen LogP contribution in [0.2, 0.25) is 5.02 Å². The standard InChI is InChI=1S/C21H17ClN4O4S/c22-13-5-7-14(8-6-13)30-12-10-18-24-25-21(31-18)23-17(27)9-11-26-19(28)15-3-1-2-4-16(15)20(26)29/h1-8H,9-12H2,(H,23,25,27). The van der Waals surface area contributed by atoms with Crippen molar-refractivity contribution in [1.82, 2.24) is 15.1 Å². The number of nitrogens with one attached hydrogen (secondary N) is 1. The van der Waals surface area contributed by atoms with E-state index < -0.39 is 0 Å². The zero-order valence-corrected chi connectivity index (χ0v) is 17.8. The van der Waals surface area contributed by atoms with Crippen molar-refractivity contribution in [2.75, 3.05) is 18.5 Å². The molecule has 10 heteroatoms. The van der Waals surface area contributed by atoms with E-state index in [1.807, 2.05) is 0 Å². The third-order valence-electron chi connectivity index (χ3n) is 4.55. The molecule has 0 unspecified atom stereocenters. The number of rotatable bonds is 8. The number of halogens is 1. The zero-order chi connectivity index (χ0) is 21.8. The van der Waals surface area contributed by atoms with Crippen molar-refractivity contribution in [1.29, 1.82) is 0 Å². The lowest BCUT2D eigenvalue weighted by Crippen LogP contribution is -2.32. The molecule has 0 saturated heterocycles. The average molecular weight is 457 g/mol. The summed E-state index contributed by atoms with van der Waals surface area (Å²) in [5.41, 5.74) is 0.727. The van der Waals surface area contributed by atoms with Crippen LogP contribution < -0.4 is 10.1 Å². The van der Waals surface area contributed by atoms with E-state index in [1.54, 1.807) is 48.5 Å². The van der Waals surface area contributed by atoms with E-state index >= 15 is 0 Å². The molecule has 1 N–H and O–H groups in total. The molecular formula is C21H17ClN4O4S. The second-order valence-corrected chi connectivity index (χ2v) is 8.16. The van der Waals surface area contributed by atoms with Crippen molar-refractivity contribution in [3.8, 4) is 5.75 Å². The van der Waals surface area contributed by atoms with Crippen LogP contribution in [0, 0.1) is 0 Å². The minimum absolute atomic E-state index is 0.00122. The van der Waals surface area contributed by atoms with Gasteiger partial charge in [0.15, 0.2) is 0 Å². The first kappa shape index (κ1) is 21.0. The fraction of sp³-hybridized carbons (Fsp3) is 0.190. The third-order valence-corrected chi connectivity index (χ3v) is 5.70. The molecule has 3 amide bonds. The number of amides is 3. The number of benzene rings is 2. The van der Waals surface area contributed by atoms with Crippen molar-refractivity contribution in [3.05, 3.63) is 69.7 Å². The Morgan fingerprint density at radius 1 is 1.03 bits per heavy atom. The number of fused-ring (bicyclic) bond motifs is 1. The first-order valence-electron chi connectivity index (χ1n) is 9.47. The van der Waals surface area contributed by atoms with Gasteiger partial charge in [-0.3, -0.25) is 19.3 Å². The summed E-state index contributed by atoms with van der Waals surface area (Å²) >= 11 is 7.08. The third kappa shape index (κ3) is 4.89. The number of carbonyl (C=O) groups is 3. The van der Waals surface area contributed by atoms with E-state index in [-0.39, 0.29) is 30.7 Å². The molecule has 4 rings (SSSR count). The Hall–Kier alpha value is -3.30. The second-order valence-electron chi connectivity index (χ2n) is 6.66. The van der Waals surface area contributed by atoms with Crippen molar-refractivity contribution in [2.45, 2.75) is 12.8 Å². The van der Waals surface area contributed by atoms with Crippen LogP contribution in [0.4, 0.5) is 5.13 Å². The average Bonchev–Trinajstić information content (AvgIpc) is 3.31. The summed E-state index contributed by atoms with van der Waals surface area (Å²) in [6.45, 7) is 0.405. The van der Waals surface area contributed by atoms with Crippen molar-refractivity contribution >= 4 is 45.8 Å². The van der Waals surface area contributed by atoms with E-state index in [9.17, 15) is 14.4 Å². The topological polar surface area (TPSA) is 101 Å². The van der Waals surface area contributed by atoms with Gasteiger partial charge in [0.2, 0.25) is 11.0 Å². The molecule has 0 bridgehead atoms. The van der Waals surface area contributed by atoms with Gasteiger partial charge in [-0.1, -0.05) is 35.1 Å². The van der Waals surface area contributed by atoms with Crippen LogP contribution in [-0.2, 0) is 11.2 Å². The van der Waals surface area contributed by atoms with Gasteiger partial charge in [0.25, 0.3) is 11.8 Å². The Morgan fingerprint density at radius 2 is 1.71 bits per heavy atom. The molecule has 3 aromatic rings. The number of anilines is 1. The smallest absolute Gasteiger partial charge is 0.261 e. The maximum atomic E-state index is 12.3. The number of ether oxygens (including phenoxy) is 1.